The molecule has 3 nitrogen and oxygen atoms in total. The Balaban J connectivity index is 2.54. The minimum Gasteiger partial charge on any atom is -0.312 e. The van der Waals surface area contributed by atoms with Gasteiger partial charge in [0.05, 0.1) is 11.7 Å². The van der Waals surface area contributed by atoms with Gasteiger partial charge in [0.25, 0.3) is 0 Å². The standard InChI is InChI=1S/C11H21N3/c1-9(2)5-6-10(12-3)11-7-8-14(4)13-11/h7-10,12H,5-6H2,1-4H3. The second kappa shape index (κ2) is 5.15. The lowest BCUT2D eigenvalue weighted by atomic mass is 10.0. The summed E-state index contributed by atoms with van der Waals surface area (Å²) in [6.45, 7) is 4.51. The smallest absolute Gasteiger partial charge is 0.0793 e. The van der Waals surface area contributed by atoms with E-state index in [1.54, 1.807) is 0 Å². The van der Waals surface area contributed by atoms with Gasteiger partial charge in [-0.1, -0.05) is 13.8 Å². The monoisotopic (exact) mass is 195 g/mol. The summed E-state index contributed by atoms with van der Waals surface area (Å²) in [5, 5.41) is 7.73. The summed E-state index contributed by atoms with van der Waals surface area (Å²) in [5.74, 6) is 0.759. The molecule has 0 radical (unpaired) electrons. The van der Waals surface area contributed by atoms with Crippen LogP contribution in [0.2, 0.25) is 0 Å². The number of rotatable bonds is 5. The maximum absolute atomic E-state index is 4.41. The highest BCUT2D eigenvalue weighted by Crippen LogP contribution is 2.18. The fourth-order valence-corrected chi connectivity index (χ4v) is 1.56. The topological polar surface area (TPSA) is 29.9 Å². The third kappa shape index (κ3) is 3.14. The summed E-state index contributed by atoms with van der Waals surface area (Å²) < 4.78 is 1.86. The molecule has 0 aliphatic heterocycles. The van der Waals surface area contributed by atoms with Crippen LogP contribution in [-0.4, -0.2) is 16.8 Å². The predicted molar refractivity (Wildman–Crippen MR) is 59.1 cm³/mol. The number of aryl methyl sites for hydroxylation is 1. The molecule has 0 bridgehead atoms. The Morgan fingerprint density at radius 3 is 2.57 bits per heavy atom. The van der Waals surface area contributed by atoms with Gasteiger partial charge in [0, 0.05) is 13.2 Å². The minimum atomic E-state index is 0.401. The third-order valence-corrected chi connectivity index (χ3v) is 2.47. The third-order valence-electron chi connectivity index (χ3n) is 2.47. The molecule has 0 aromatic carbocycles. The van der Waals surface area contributed by atoms with Crippen LogP contribution < -0.4 is 5.32 Å². The van der Waals surface area contributed by atoms with Crippen molar-refractivity contribution in [1.29, 1.82) is 0 Å². The molecular formula is C11H21N3. The van der Waals surface area contributed by atoms with E-state index >= 15 is 0 Å². The van der Waals surface area contributed by atoms with Crippen LogP contribution in [0.3, 0.4) is 0 Å². The van der Waals surface area contributed by atoms with Crippen LogP contribution in [-0.2, 0) is 7.05 Å². The summed E-state index contributed by atoms with van der Waals surface area (Å²) in [6.07, 6.45) is 4.39. The van der Waals surface area contributed by atoms with Crippen LogP contribution in [0.1, 0.15) is 38.4 Å². The molecule has 1 aromatic rings. The highest BCUT2D eigenvalue weighted by atomic mass is 15.3. The highest BCUT2D eigenvalue weighted by molar-refractivity contribution is 5.04. The summed E-state index contributed by atoms with van der Waals surface area (Å²) in [4.78, 5) is 0. The van der Waals surface area contributed by atoms with Crippen molar-refractivity contribution in [3.05, 3.63) is 18.0 Å². The van der Waals surface area contributed by atoms with Crippen molar-refractivity contribution in [2.75, 3.05) is 7.05 Å². The average Bonchev–Trinajstić information content (AvgIpc) is 2.53. The molecule has 1 atom stereocenters. The Hall–Kier alpha value is -0.830. The van der Waals surface area contributed by atoms with Gasteiger partial charge in [-0.2, -0.15) is 5.10 Å². The minimum absolute atomic E-state index is 0.401. The molecule has 1 N–H and O–H groups in total. The van der Waals surface area contributed by atoms with Crippen molar-refractivity contribution >= 4 is 0 Å². The molecule has 0 amide bonds. The molecule has 14 heavy (non-hydrogen) atoms. The number of hydrogen-bond acceptors (Lipinski definition) is 2. The van der Waals surface area contributed by atoms with Crippen LogP contribution in [0.4, 0.5) is 0 Å². The Morgan fingerprint density at radius 1 is 1.43 bits per heavy atom. The van der Waals surface area contributed by atoms with Crippen molar-refractivity contribution in [3.8, 4) is 0 Å². The van der Waals surface area contributed by atoms with Crippen molar-refractivity contribution in [2.45, 2.75) is 32.7 Å². The molecular weight excluding hydrogens is 174 g/mol. The lowest BCUT2D eigenvalue weighted by Crippen LogP contribution is -2.17. The van der Waals surface area contributed by atoms with Gasteiger partial charge in [0.15, 0.2) is 0 Å². The zero-order chi connectivity index (χ0) is 10.6. The highest BCUT2D eigenvalue weighted by Gasteiger charge is 2.11. The van der Waals surface area contributed by atoms with E-state index in [4.69, 9.17) is 0 Å². The van der Waals surface area contributed by atoms with E-state index < -0.39 is 0 Å². The second-order valence-corrected chi connectivity index (χ2v) is 4.23. The molecule has 80 valence electrons. The summed E-state index contributed by atoms with van der Waals surface area (Å²) in [7, 11) is 3.96. The zero-order valence-electron chi connectivity index (χ0n) is 9.62. The largest absolute Gasteiger partial charge is 0.312 e. The van der Waals surface area contributed by atoms with Gasteiger partial charge in [-0.05, 0) is 31.9 Å². The SMILES string of the molecule is CNC(CCC(C)C)c1ccn(C)n1. The molecule has 1 unspecified atom stereocenters. The molecule has 0 spiro atoms. The first kappa shape index (κ1) is 11.2. The van der Waals surface area contributed by atoms with E-state index in [2.05, 4.69) is 30.3 Å². The summed E-state index contributed by atoms with van der Waals surface area (Å²) in [6, 6.07) is 2.49. The normalized spacial score (nSPS) is 13.5. The molecule has 1 aromatic heterocycles. The van der Waals surface area contributed by atoms with Crippen molar-refractivity contribution < 1.29 is 0 Å². The maximum Gasteiger partial charge on any atom is 0.0793 e. The molecule has 0 aliphatic rings. The van der Waals surface area contributed by atoms with E-state index in [0.717, 1.165) is 18.0 Å². The molecule has 1 rings (SSSR count). The van der Waals surface area contributed by atoms with Gasteiger partial charge in [-0.25, -0.2) is 0 Å². The quantitative estimate of drug-likeness (QED) is 0.780. The first-order valence-corrected chi connectivity index (χ1v) is 5.30. The first-order valence-electron chi connectivity index (χ1n) is 5.30. The fraction of sp³-hybridized carbons (Fsp3) is 0.727. The summed E-state index contributed by atoms with van der Waals surface area (Å²) in [5.41, 5.74) is 1.15. The lowest BCUT2D eigenvalue weighted by molar-refractivity contribution is 0.454. The van der Waals surface area contributed by atoms with Gasteiger partial charge >= 0.3 is 0 Å². The van der Waals surface area contributed by atoms with Gasteiger partial charge in [-0.15, -0.1) is 0 Å². The molecule has 0 saturated carbocycles. The van der Waals surface area contributed by atoms with E-state index in [1.165, 1.54) is 6.42 Å². The van der Waals surface area contributed by atoms with Crippen molar-refractivity contribution in [2.24, 2.45) is 13.0 Å². The molecule has 0 fully saturated rings. The number of aromatic nitrogens is 2. The second-order valence-electron chi connectivity index (χ2n) is 4.23. The molecule has 0 saturated heterocycles. The first-order chi connectivity index (χ1) is 6.63. The van der Waals surface area contributed by atoms with Crippen LogP contribution in [0, 0.1) is 5.92 Å². The Morgan fingerprint density at radius 2 is 2.14 bits per heavy atom. The molecule has 3 heteroatoms. The Bertz CT molecular complexity index is 265. The molecule has 0 aliphatic carbocycles. The average molecular weight is 195 g/mol. The number of nitrogens with one attached hydrogen (secondary N) is 1. The van der Waals surface area contributed by atoms with Crippen LogP contribution in [0.5, 0.6) is 0 Å². The van der Waals surface area contributed by atoms with Crippen molar-refractivity contribution in [1.82, 2.24) is 15.1 Å². The van der Waals surface area contributed by atoms with Gasteiger partial charge in [0.2, 0.25) is 0 Å². The Labute approximate surface area is 86.5 Å². The van der Waals surface area contributed by atoms with Crippen molar-refractivity contribution in [3.63, 3.8) is 0 Å². The van der Waals surface area contributed by atoms with E-state index in [1.807, 2.05) is 25.0 Å². The van der Waals surface area contributed by atoms with Crippen LogP contribution >= 0.6 is 0 Å². The van der Waals surface area contributed by atoms with Crippen LogP contribution in [0.25, 0.3) is 0 Å². The fourth-order valence-electron chi connectivity index (χ4n) is 1.56. The van der Waals surface area contributed by atoms with E-state index in [9.17, 15) is 0 Å². The van der Waals surface area contributed by atoms with E-state index in [0.29, 0.717) is 6.04 Å². The number of hydrogen-bond donors (Lipinski definition) is 1. The zero-order valence-corrected chi connectivity index (χ0v) is 9.62. The van der Waals surface area contributed by atoms with Crippen LogP contribution in [0.15, 0.2) is 12.3 Å². The predicted octanol–water partition coefficient (Wildman–Crippen LogP) is 2.12. The van der Waals surface area contributed by atoms with Gasteiger partial charge in [-0.3, -0.25) is 4.68 Å². The number of nitrogens with zero attached hydrogens (tertiary/aromatic N) is 2. The molecule has 1 heterocycles. The maximum atomic E-state index is 4.41. The van der Waals surface area contributed by atoms with E-state index in [-0.39, 0.29) is 0 Å². The Kier molecular flexibility index (Phi) is 4.14. The van der Waals surface area contributed by atoms with Gasteiger partial charge < -0.3 is 5.32 Å². The van der Waals surface area contributed by atoms with Gasteiger partial charge in [0.1, 0.15) is 0 Å². The summed E-state index contributed by atoms with van der Waals surface area (Å²) >= 11 is 0. The lowest BCUT2D eigenvalue weighted by Gasteiger charge is -2.14.